The van der Waals surface area contributed by atoms with Gasteiger partial charge in [-0.25, -0.2) is 0 Å². The van der Waals surface area contributed by atoms with Crippen molar-refractivity contribution in [1.82, 2.24) is 0 Å². The number of hydrogen-bond donors (Lipinski definition) is 1. The molecule has 0 radical (unpaired) electrons. The Balaban J connectivity index is 2.34. The Bertz CT molecular complexity index is 746. The van der Waals surface area contributed by atoms with E-state index in [1.54, 1.807) is 24.3 Å². The van der Waals surface area contributed by atoms with Gasteiger partial charge in [-0.2, -0.15) is 0 Å². The normalized spacial score (nSPS) is 10.1. The summed E-state index contributed by atoms with van der Waals surface area (Å²) < 4.78 is 10.9. The summed E-state index contributed by atoms with van der Waals surface area (Å²) in [7, 11) is 0. The van der Waals surface area contributed by atoms with Crippen LogP contribution in [0.4, 0.5) is 11.4 Å². The van der Waals surface area contributed by atoms with Gasteiger partial charge in [-0.05, 0) is 32.0 Å². The number of hydrogen-bond acceptors (Lipinski definition) is 5. The van der Waals surface area contributed by atoms with Crippen LogP contribution >= 0.6 is 0 Å². The molecule has 0 aliphatic heterocycles. The highest BCUT2D eigenvalue weighted by Crippen LogP contribution is 2.30. The molecule has 2 rings (SSSR count). The molecule has 0 aromatic heterocycles. The minimum absolute atomic E-state index is 0.0215. The van der Waals surface area contributed by atoms with Crippen LogP contribution in [0.15, 0.2) is 42.5 Å². The number of nitro benzene ring substituents is 1. The van der Waals surface area contributed by atoms with E-state index in [1.807, 2.05) is 13.8 Å². The standard InChI is InChI=1S/C17H18N2O5/c1-3-23-12-9-10-16(24-4-2)14(11-12)18-17(20)13-7-5-6-8-15(13)19(21)22/h5-11H,3-4H2,1-2H3,(H,18,20). The van der Waals surface area contributed by atoms with Crippen LogP contribution in [-0.2, 0) is 0 Å². The lowest BCUT2D eigenvalue weighted by Gasteiger charge is -2.13. The minimum Gasteiger partial charge on any atom is -0.494 e. The summed E-state index contributed by atoms with van der Waals surface area (Å²) >= 11 is 0. The van der Waals surface area contributed by atoms with E-state index in [9.17, 15) is 14.9 Å². The zero-order valence-corrected chi connectivity index (χ0v) is 13.4. The van der Waals surface area contributed by atoms with Gasteiger partial charge in [0.1, 0.15) is 17.1 Å². The molecule has 24 heavy (non-hydrogen) atoms. The van der Waals surface area contributed by atoms with Crippen molar-refractivity contribution in [3.05, 3.63) is 58.1 Å². The average molecular weight is 330 g/mol. The molecule has 0 aliphatic rings. The maximum atomic E-state index is 12.5. The molecule has 0 fully saturated rings. The number of benzene rings is 2. The van der Waals surface area contributed by atoms with Crippen molar-refractivity contribution in [2.75, 3.05) is 18.5 Å². The predicted octanol–water partition coefficient (Wildman–Crippen LogP) is 3.64. The molecule has 1 amide bonds. The second-order valence-corrected chi connectivity index (χ2v) is 4.75. The summed E-state index contributed by atoms with van der Waals surface area (Å²) in [4.78, 5) is 22.9. The number of nitrogens with one attached hydrogen (secondary N) is 1. The molecular weight excluding hydrogens is 312 g/mol. The fourth-order valence-corrected chi connectivity index (χ4v) is 2.16. The highest BCUT2D eigenvalue weighted by Gasteiger charge is 2.20. The van der Waals surface area contributed by atoms with Crippen LogP contribution in [-0.4, -0.2) is 24.0 Å². The number of rotatable bonds is 7. The summed E-state index contributed by atoms with van der Waals surface area (Å²) in [6.45, 7) is 4.57. The quantitative estimate of drug-likeness (QED) is 0.618. The van der Waals surface area contributed by atoms with Crippen molar-refractivity contribution in [1.29, 1.82) is 0 Å². The highest BCUT2D eigenvalue weighted by molar-refractivity contribution is 6.07. The van der Waals surface area contributed by atoms with Crippen LogP contribution in [0, 0.1) is 10.1 Å². The van der Waals surface area contributed by atoms with Crippen LogP contribution in [0.3, 0.4) is 0 Å². The zero-order valence-electron chi connectivity index (χ0n) is 13.4. The summed E-state index contributed by atoms with van der Waals surface area (Å²) in [6.07, 6.45) is 0. The number of anilines is 1. The second-order valence-electron chi connectivity index (χ2n) is 4.75. The van der Waals surface area contributed by atoms with Gasteiger partial charge >= 0.3 is 0 Å². The van der Waals surface area contributed by atoms with Gasteiger partial charge in [0.15, 0.2) is 0 Å². The van der Waals surface area contributed by atoms with Crippen molar-refractivity contribution in [2.45, 2.75) is 13.8 Å². The smallest absolute Gasteiger partial charge is 0.282 e. The molecule has 2 aromatic rings. The van der Waals surface area contributed by atoms with E-state index in [-0.39, 0.29) is 11.3 Å². The molecule has 0 spiro atoms. The largest absolute Gasteiger partial charge is 0.494 e. The van der Waals surface area contributed by atoms with Crippen molar-refractivity contribution in [3.8, 4) is 11.5 Å². The van der Waals surface area contributed by atoms with Gasteiger partial charge in [0.25, 0.3) is 11.6 Å². The zero-order chi connectivity index (χ0) is 17.5. The number of carbonyl (C=O) groups excluding carboxylic acids is 1. The third-order valence-electron chi connectivity index (χ3n) is 3.16. The van der Waals surface area contributed by atoms with Gasteiger partial charge in [0.05, 0.1) is 23.8 Å². The first-order valence-electron chi connectivity index (χ1n) is 7.51. The third kappa shape index (κ3) is 4.01. The van der Waals surface area contributed by atoms with E-state index >= 15 is 0 Å². The number of amides is 1. The third-order valence-corrected chi connectivity index (χ3v) is 3.16. The highest BCUT2D eigenvalue weighted by atomic mass is 16.6. The average Bonchev–Trinajstić information content (AvgIpc) is 2.57. The molecule has 0 saturated carbocycles. The Kier molecular flexibility index (Phi) is 5.73. The van der Waals surface area contributed by atoms with E-state index in [0.717, 1.165) is 0 Å². The fourth-order valence-electron chi connectivity index (χ4n) is 2.16. The maximum Gasteiger partial charge on any atom is 0.282 e. The Morgan fingerprint density at radius 2 is 1.83 bits per heavy atom. The summed E-state index contributed by atoms with van der Waals surface area (Å²) in [5, 5.41) is 13.7. The lowest BCUT2D eigenvalue weighted by atomic mass is 10.1. The first-order chi connectivity index (χ1) is 11.6. The second kappa shape index (κ2) is 7.96. The first-order valence-corrected chi connectivity index (χ1v) is 7.51. The molecule has 0 unspecified atom stereocenters. The fraction of sp³-hybridized carbons (Fsp3) is 0.235. The number of ether oxygens (including phenoxy) is 2. The molecule has 2 aromatic carbocycles. The Morgan fingerprint density at radius 1 is 1.12 bits per heavy atom. The van der Waals surface area contributed by atoms with Crippen LogP contribution in [0.5, 0.6) is 11.5 Å². The monoisotopic (exact) mass is 330 g/mol. The molecule has 0 saturated heterocycles. The van der Waals surface area contributed by atoms with Gasteiger partial charge in [-0.1, -0.05) is 12.1 Å². The SMILES string of the molecule is CCOc1ccc(OCC)c(NC(=O)c2ccccc2[N+](=O)[O-])c1. The van der Waals surface area contributed by atoms with E-state index in [2.05, 4.69) is 5.32 Å². The van der Waals surface area contributed by atoms with Crippen molar-refractivity contribution < 1.29 is 19.2 Å². The molecule has 0 atom stereocenters. The van der Waals surface area contributed by atoms with Gasteiger partial charge in [0, 0.05) is 12.1 Å². The topological polar surface area (TPSA) is 90.7 Å². The van der Waals surface area contributed by atoms with E-state index < -0.39 is 10.8 Å². The molecular formula is C17H18N2O5. The number of nitrogens with zero attached hydrogens (tertiary/aromatic N) is 1. The lowest BCUT2D eigenvalue weighted by Crippen LogP contribution is -2.15. The van der Waals surface area contributed by atoms with E-state index in [1.165, 1.54) is 18.2 Å². The van der Waals surface area contributed by atoms with Crippen LogP contribution in [0.2, 0.25) is 0 Å². The minimum atomic E-state index is -0.588. The Morgan fingerprint density at radius 3 is 2.50 bits per heavy atom. The molecule has 0 aliphatic carbocycles. The summed E-state index contributed by atoms with van der Waals surface area (Å²) in [5.74, 6) is 0.448. The van der Waals surface area contributed by atoms with Crippen LogP contribution < -0.4 is 14.8 Å². The van der Waals surface area contributed by atoms with E-state index in [0.29, 0.717) is 30.4 Å². The molecule has 126 valence electrons. The van der Waals surface area contributed by atoms with Gasteiger partial charge in [0.2, 0.25) is 0 Å². The molecule has 1 N–H and O–H groups in total. The number of nitro groups is 1. The molecule has 7 heteroatoms. The number of para-hydroxylation sites is 1. The van der Waals surface area contributed by atoms with Crippen LogP contribution in [0.1, 0.15) is 24.2 Å². The summed E-state index contributed by atoms with van der Waals surface area (Å²) in [5.41, 5.74) is 0.117. The van der Waals surface area contributed by atoms with Gasteiger partial charge in [-0.3, -0.25) is 14.9 Å². The Labute approximate surface area is 139 Å². The van der Waals surface area contributed by atoms with Gasteiger partial charge < -0.3 is 14.8 Å². The van der Waals surface area contributed by atoms with Crippen LogP contribution in [0.25, 0.3) is 0 Å². The van der Waals surface area contributed by atoms with Crippen molar-refractivity contribution in [2.24, 2.45) is 0 Å². The molecule has 0 heterocycles. The summed E-state index contributed by atoms with van der Waals surface area (Å²) in [6, 6.07) is 10.8. The maximum absolute atomic E-state index is 12.5. The number of carbonyl (C=O) groups is 1. The Hall–Kier alpha value is -3.09. The van der Waals surface area contributed by atoms with Crippen molar-refractivity contribution in [3.63, 3.8) is 0 Å². The molecule has 7 nitrogen and oxygen atoms in total. The molecule has 0 bridgehead atoms. The van der Waals surface area contributed by atoms with E-state index in [4.69, 9.17) is 9.47 Å². The van der Waals surface area contributed by atoms with Crippen molar-refractivity contribution >= 4 is 17.3 Å². The predicted molar refractivity (Wildman–Crippen MR) is 89.8 cm³/mol. The lowest BCUT2D eigenvalue weighted by molar-refractivity contribution is -0.385. The first kappa shape index (κ1) is 17.3. The van der Waals surface area contributed by atoms with Gasteiger partial charge in [-0.15, -0.1) is 0 Å².